The predicted molar refractivity (Wildman–Crippen MR) is 77.1 cm³/mol. The summed E-state index contributed by atoms with van der Waals surface area (Å²) in [5.74, 6) is -0.776. The van der Waals surface area contributed by atoms with Gasteiger partial charge >= 0.3 is 6.18 Å². The Balaban J connectivity index is 1.93. The number of aromatic nitrogens is 3. The Bertz CT molecular complexity index is 680. The monoisotopic (exact) mass is 324 g/mol. The van der Waals surface area contributed by atoms with E-state index in [0.717, 1.165) is 19.3 Å². The normalized spacial score (nSPS) is 15.3. The molecule has 5 nitrogen and oxygen atoms in total. The Morgan fingerprint density at radius 3 is 2.61 bits per heavy atom. The molecule has 3 rings (SSSR count). The molecule has 0 aliphatic heterocycles. The van der Waals surface area contributed by atoms with Crippen molar-refractivity contribution in [3.8, 4) is 0 Å². The van der Waals surface area contributed by atoms with Gasteiger partial charge in [0.2, 0.25) is 0 Å². The number of hydrogen-bond donors (Lipinski definition) is 0. The van der Waals surface area contributed by atoms with Gasteiger partial charge < -0.3 is 0 Å². The van der Waals surface area contributed by atoms with Gasteiger partial charge in [-0.3, -0.25) is 14.4 Å². The van der Waals surface area contributed by atoms with Crippen LogP contribution in [0.4, 0.5) is 19.0 Å². The number of amides is 1. The Kier molecular flexibility index (Phi) is 4.06. The average molecular weight is 324 g/mol. The minimum atomic E-state index is -4.52. The molecule has 0 bridgehead atoms. The maximum Gasteiger partial charge on any atom is 0.406 e. The van der Waals surface area contributed by atoms with Crippen LogP contribution in [0, 0.1) is 0 Å². The summed E-state index contributed by atoms with van der Waals surface area (Å²) in [5, 5.41) is 4.10. The van der Waals surface area contributed by atoms with Gasteiger partial charge in [-0.25, -0.2) is 4.98 Å². The molecule has 1 aliphatic rings. The van der Waals surface area contributed by atoms with Crippen molar-refractivity contribution in [2.75, 3.05) is 11.4 Å². The van der Waals surface area contributed by atoms with Crippen LogP contribution in [0.1, 0.15) is 35.8 Å². The summed E-state index contributed by atoms with van der Waals surface area (Å²) in [7, 11) is 0. The van der Waals surface area contributed by atoms with Crippen LogP contribution < -0.4 is 4.90 Å². The molecule has 0 spiro atoms. The molecule has 1 fully saturated rings. The first kappa shape index (κ1) is 15.5. The zero-order chi connectivity index (χ0) is 16.4. The minimum absolute atomic E-state index is 0.0313. The summed E-state index contributed by atoms with van der Waals surface area (Å²) in [5.41, 5.74) is 0.157. The molecule has 1 saturated carbocycles. The molecule has 23 heavy (non-hydrogen) atoms. The van der Waals surface area contributed by atoms with E-state index in [2.05, 4.69) is 10.1 Å². The molecule has 0 aromatic carbocycles. The first-order valence-electron chi connectivity index (χ1n) is 7.29. The highest BCUT2D eigenvalue weighted by molar-refractivity contribution is 6.04. The van der Waals surface area contributed by atoms with Gasteiger partial charge in [-0.1, -0.05) is 6.07 Å². The second kappa shape index (κ2) is 6.02. The van der Waals surface area contributed by atoms with Gasteiger partial charge in [-0.15, -0.1) is 0 Å². The first-order chi connectivity index (χ1) is 11.0. The average Bonchev–Trinajstić information content (AvgIpc) is 2.91. The Morgan fingerprint density at radius 2 is 2.04 bits per heavy atom. The summed E-state index contributed by atoms with van der Waals surface area (Å²) in [6.45, 7) is -1.39. The molecule has 122 valence electrons. The van der Waals surface area contributed by atoms with Gasteiger partial charge in [0.25, 0.3) is 5.91 Å². The van der Waals surface area contributed by atoms with E-state index in [1.54, 1.807) is 12.1 Å². The van der Waals surface area contributed by atoms with Gasteiger partial charge in [0.1, 0.15) is 18.1 Å². The SMILES string of the molecule is O=C(c1ccnn1C1CCC1)N(CC(F)(F)F)c1ccccn1. The van der Waals surface area contributed by atoms with E-state index >= 15 is 0 Å². The largest absolute Gasteiger partial charge is 0.406 e. The second-order valence-corrected chi connectivity index (χ2v) is 5.44. The maximum atomic E-state index is 12.9. The van der Waals surface area contributed by atoms with E-state index in [0.29, 0.717) is 4.90 Å². The van der Waals surface area contributed by atoms with Gasteiger partial charge in [0.15, 0.2) is 0 Å². The molecule has 2 heterocycles. The molecule has 1 amide bonds. The first-order valence-corrected chi connectivity index (χ1v) is 7.29. The zero-order valence-electron chi connectivity index (χ0n) is 12.2. The van der Waals surface area contributed by atoms with Gasteiger partial charge in [-0.2, -0.15) is 18.3 Å². The zero-order valence-corrected chi connectivity index (χ0v) is 12.2. The third kappa shape index (κ3) is 3.35. The smallest absolute Gasteiger partial charge is 0.282 e. The van der Waals surface area contributed by atoms with Crippen molar-refractivity contribution in [3.05, 3.63) is 42.4 Å². The van der Waals surface area contributed by atoms with E-state index in [9.17, 15) is 18.0 Å². The molecule has 2 aromatic rings. The molecule has 1 aliphatic carbocycles. The third-order valence-electron chi connectivity index (χ3n) is 3.82. The number of rotatable bonds is 4. The maximum absolute atomic E-state index is 12.9. The molecular weight excluding hydrogens is 309 g/mol. The molecule has 0 unspecified atom stereocenters. The van der Waals surface area contributed by atoms with Crippen LogP contribution in [-0.2, 0) is 0 Å². The van der Waals surface area contributed by atoms with Crippen molar-refractivity contribution in [1.82, 2.24) is 14.8 Å². The van der Waals surface area contributed by atoms with Crippen molar-refractivity contribution in [1.29, 1.82) is 0 Å². The van der Waals surface area contributed by atoms with Gasteiger partial charge in [0.05, 0.1) is 6.04 Å². The molecule has 0 atom stereocenters. The van der Waals surface area contributed by atoms with Crippen LogP contribution >= 0.6 is 0 Å². The summed E-state index contributed by atoms with van der Waals surface area (Å²) < 4.78 is 40.2. The van der Waals surface area contributed by atoms with Crippen LogP contribution in [0.3, 0.4) is 0 Å². The highest BCUT2D eigenvalue weighted by atomic mass is 19.4. The predicted octanol–water partition coefficient (Wildman–Crippen LogP) is 3.21. The molecule has 2 aromatic heterocycles. The number of hydrogen-bond acceptors (Lipinski definition) is 3. The van der Waals surface area contributed by atoms with Crippen LogP contribution in [0.2, 0.25) is 0 Å². The van der Waals surface area contributed by atoms with Gasteiger partial charge in [-0.05, 0) is 37.5 Å². The summed E-state index contributed by atoms with van der Waals surface area (Å²) in [4.78, 5) is 17.2. The lowest BCUT2D eigenvalue weighted by molar-refractivity contribution is -0.118. The van der Waals surface area contributed by atoms with E-state index in [4.69, 9.17) is 0 Å². The van der Waals surface area contributed by atoms with Crippen LogP contribution in [0.15, 0.2) is 36.7 Å². The number of pyridine rings is 1. The number of carbonyl (C=O) groups excluding carboxylic acids is 1. The van der Waals surface area contributed by atoms with E-state index < -0.39 is 18.6 Å². The lowest BCUT2D eigenvalue weighted by atomic mass is 9.93. The molecule has 0 saturated heterocycles. The third-order valence-corrected chi connectivity index (χ3v) is 3.82. The summed E-state index contributed by atoms with van der Waals surface area (Å²) in [6, 6.07) is 6.04. The van der Waals surface area contributed by atoms with Crippen LogP contribution in [0.25, 0.3) is 0 Å². The number of alkyl halides is 3. The summed E-state index contributed by atoms with van der Waals surface area (Å²) in [6.07, 6.45) is 1.07. The van der Waals surface area contributed by atoms with Crippen LogP contribution in [0.5, 0.6) is 0 Å². The standard InChI is InChI=1S/C15H15F3N4O/c16-15(17,18)10-21(13-6-1-2-8-19-13)14(23)12-7-9-20-22(12)11-4-3-5-11/h1-2,6-9,11H,3-5,10H2. The molecule has 8 heteroatoms. The van der Waals surface area contributed by atoms with Crippen molar-refractivity contribution in [3.63, 3.8) is 0 Å². The van der Waals surface area contributed by atoms with Crippen molar-refractivity contribution >= 4 is 11.7 Å². The number of halogens is 3. The second-order valence-electron chi connectivity index (χ2n) is 5.44. The minimum Gasteiger partial charge on any atom is -0.282 e. The van der Waals surface area contributed by atoms with Crippen LogP contribution in [-0.4, -0.2) is 33.4 Å². The lowest BCUT2D eigenvalue weighted by Gasteiger charge is -2.29. The fraction of sp³-hybridized carbons (Fsp3) is 0.400. The fourth-order valence-corrected chi connectivity index (χ4v) is 2.49. The van der Waals surface area contributed by atoms with E-state index in [1.165, 1.54) is 29.2 Å². The number of nitrogens with zero attached hydrogens (tertiary/aromatic N) is 4. The topological polar surface area (TPSA) is 51.0 Å². The summed E-state index contributed by atoms with van der Waals surface area (Å²) >= 11 is 0. The van der Waals surface area contributed by atoms with Crippen molar-refractivity contribution in [2.45, 2.75) is 31.5 Å². The number of carbonyl (C=O) groups is 1. The Labute approximate surface area is 130 Å². The quantitative estimate of drug-likeness (QED) is 0.868. The van der Waals surface area contributed by atoms with Crippen molar-refractivity contribution < 1.29 is 18.0 Å². The lowest BCUT2D eigenvalue weighted by Crippen LogP contribution is -2.41. The highest BCUT2D eigenvalue weighted by Crippen LogP contribution is 2.32. The highest BCUT2D eigenvalue weighted by Gasteiger charge is 2.36. The van der Waals surface area contributed by atoms with E-state index in [-0.39, 0.29) is 17.6 Å². The van der Waals surface area contributed by atoms with E-state index in [1.807, 2.05) is 0 Å². The van der Waals surface area contributed by atoms with Crippen molar-refractivity contribution in [2.24, 2.45) is 0 Å². The molecule has 0 radical (unpaired) electrons. The Morgan fingerprint density at radius 1 is 1.26 bits per heavy atom. The Hall–Kier alpha value is -2.38. The fourth-order valence-electron chi connectivity index (χ4n) is 2.49. The molecular formula is C15H15F3N4O. The number of anilines is 1. The van der Waals surface area contributed by atoms with Gasteiger partial charge in [0, 0.05) is 12.4 Å². The molecule has 0 N–H and O–H groups in total.